The lowest BCUT2D eigenvalue weighted by Crippen LogP contribution is -2.16. The van der Waals surface area contributed by atoms with E-state index in [-0.39, 0.29) is 0 Å². The summed E-state index contributed by atoms with van der Waals surface area (Å²) in [7, 11) is 0. The van der Waals surface area contributed by atoms with Crippen LogP contribution < -0.4 is 0 Å². The largest absolute Gasteiger partial charge is 0.293 e. The number of rotatable bonds is 4. The van der Waals surface area contributed by atoms with E-state index in [9.17, 15) is 9.59 Å². The van der Waals surface area contributed by atoms with Crippen LogP contribution in [0.3, 0.4) is 0 Å². The second-order valence-electron chi connectivity index (χ2n) is 1.25. The molecule has 0 aromatic rings. The maximum absolute atomic E-state index is 10.5. The minimum Gasteiger partial charge on any atom is -0.293 e. The molecule has 0 aliphatic carbocycles. The molecule has 1 radical (unpaired) electrons. The maximum Gasteiger partial charge on any atom is 0.215 e. The lowest BCUT2D eigenvalue weighted by atomic mass is 10.1. The number of carbonyl (C=O) groups excluding carboxylic acids is 2. The van der Waals surface area contributed by atoms with Crippen LogP contribution in [0, 0.1) is 5.92 Å². The third kappa shape index (κ3) is 2.53. The highest BCUT2D eigenvalue weighted by atomic mass is 32.1. The third-order valence-electron chi connectivity index (χ3n) is 0.686. The normalized spacial score (nSPS) is 11.6. The van der Waals surface area contributed by atoms with Crippen molar-refractivity contribution in [2.24, 2.45) is 5.92 Å². The summed E-state index contributed by atoms with van der Waals surface area (Å²) in [6.07, 6.45) is 1.45. The lowest BCUT2D eigenvalue weighted by molar-refractivity contribution is -0.112. The first kappa shape index (κ1) is 8.52. The van der Waals surface area contributed by atoms with Crippen LogP contribution in [-0.2, 0) is 9.59 Å². The van der Waals surface area contributed by atoms with Gasteiger partial charge < -0.3 is 0 Å². The van der Waals surface area contributed by atoms with Crippen LogP contribution in [-0.4, -0.2) is 22.8 Å². The molecule has 0 bridgehead atoms. The van der Waals surface area contributed by atoms with Crippen LogP contribution >= 0.6 is 24.4 Å². The molecule has 0 saturated heterocycles. The Morgan fingerprint density at radius 2 is 2.11 bits per heavy atom. The Labute approximate surface area is 63.2 Å². The van der Waals surface area contributed by atoms with Crippen molar-refractivity contribution in [3.05, 3.63) is 0 Å². The molecular formula is C5H3O2S2. The number of ketones is 1. The molecular weight excluding hydrogens is 156 g/mol. The summed E-state index contributed by atoms with van der Waals surface area (Å²) < 4.78 is 0. The van der Waals surface area contributed by atoms with Crippen molar-refractivity contribution in [2.45, 2.75) is 0 Å². The Bertz CT molecular complexity index is 145. The zero-order valence-electron chi connectivity index (χ0n) is 4.37. The number of Topliss-reactive ketones (excluding diaryl/α,β-unsaturated/α-hetero) is 1. The molecule has 0 amide bonds. The molecule has 2 nitrogen and oxygen atoms in total. The first-order valence-corrected chi connectivity index (χ1v) is 3.02. The summed E-state index contributed by atoms with van der Waals surface area (Å²) in [4.78, 5) is 20.3. The Balaban J connectivity index is 4.09. The highest BCUT2D eigenvalue weighted by molar-refractivity contribution is 7.80. The molecule has 4 heteroatoms. The van der Waals surface area contributed by atoms with Crippen molar-refractivity contribution in [2.75, 3.05) is 0 Å². The molecule has 0 fully saturated rings. The maximum atomic E-state index is 10.5. The molecule has 9 heavy (non-hydrogen) atoms. The van der Waals surface area contributed by atoms with Gasteiger partial charge in [0.25, 0.3) is 0 Å². The van der Waals surface area contributed by atoms with E-state index in [1.807, 2.05) is 0 Å². The van der Waals surface area contributed by atoms with Gasteiger partial charge in [-0.1, -0.05) is 24.4 Å². The molecule has 0 aromatic heterocycles. The highest BCUT2D eigenvalue weighted by Gasteiger charge is 2.11. The molecule has 0 spiro atoms. The first-order valence-electron chi connectivity index (χ1n) is 2.08. The Morgan fingerprint density at radius 1 is 1.56 bits per heavy atom. The second-order valence-corrected chi connectivity index (χ2v) is 1.76. The quantitative estimate of drug-likeness (QED) is 0.436. The monoisotopic (exact) mass is 159 g/mol. The van der Waals surface area contributed by atoms with E-state index in [1.54, 1.807) is 0 Å². The molecule has 0 aliphatic rings. The third-order valence-corrected chi connectivity index (χ3v) is 1.19. The fourth-order valence-corrected chi connectivity index (χ4v) is 0.563. The van der Waals surface area contributed by atoms with Crippen LogP contribution in [0.15, 0.2) is 0 Å². The highest BCUT2D eigenvalue weighted by Crippen LogP contribution is 1.87. The van der Waals surface area contributed by atoms with Gasteiger partial charge in [0.1, 0.15) is 5.92 Å². The predicted octanol–water partition coefficient (Wildman–Crippen LogP) is 0.281. The number of hydrogen-bond acceptors (Lipinski definition) is 4. The van der Waals surface area contributed by atoms with E-state index in [2.05, 4.69) is 24.4 Å². The van der Waals surface area contributed by atoms with E-state index in [4.69, 9.17) is 0 Å². The van der Waals surface area contributed by atoms with Gasteiger partial charge in [0, 0.05) is 5.37 Å². The molecule has 0 N–H and O–H groups in total. The summed E-state index contributed by atoms with van der Waals surface area (Å²) in [5.74, 6) is -1.42. The SMILES string of the molecule is O=[C]C(C=S)C(=O)C=S. The van der Waals surface area contributed by atoms with Crippen molar-refractivity contribution in [1.82, 2.24) is 0 Å². The van der Waals surface area contributed by atoms with Gasteiger partial charge in [-0.3, -0.25) is 9.59 Å². The van der Waals surface area contributed by atoms with Crippen molar-refractivity contribution in [1.29, 1.82) is 0 Å². The fraction of sp³-hybridized carbons (Fsp3) is 0.200. The second kappa shape index (κ2) is 4.40. The Kier molecular flexibility index (Phi) is 4.17. The standard InChI is InChI=1S/C5H3O2S2/c6-1-4(2-8)5(7)3-9/h2-4H. The molecule has 0 aromatic carbocycles. The van der Waals surface area contributed by atoms with Crippen molar-refractivity contribution < 1.29 is 9.59 Å². The van der Waals surface area contributed by atoms with Gasteiger partial charge in [0.15, 0.2) is 5.78 Å². The Morgan fingerprint density at radius 3 is 2.22 bits per heavy atom. The molecule has 0 aliphatic heterocycles. The number of thiocarbonyl (C=S) groups is 2. The molecule has 0 heterocycles. The molecule has 47 valence electrons. The van der Waals surface area contributed by atoms with Crippen molar-refractivity contribution in [3.8, 4) is 0 Å². The summed E-state index contributed by atoms with van der Waals surface area (Å²) in [5, 5.41) is 1.93. The summed E-state index contributed by atoms with van der Waals surface area (Å²) in [6.45, 7) is 0. The van der Waals surface area contributed by atoms with E-state index >= 15 is 0 Å². The first-order chi connectivity index (χ1) is 4.26. The summed E-state index contributed by atoms with van der Waals surface area (Å²) in [5.41, 5.74) is 0. The van der Waals surface area contributed by atoms with Gasteiger partial charge in [0.2, 0.25) is 6.29 Å². The number of carbonyl (C=O) groups is 1. The van der Waals surface area contributed by atoms with Crippen LogP contribution in [0.5, 0.6) is 0 Å². The molecule has 1 atom stereocenters. The van der Waals surface area contributed by atoms with Gasteiger partial charge in [-0.05, 0) is 5.37 Å². The van der Waals surface area contributed by atoms with Gasteiger partial charge in [-0.15, -0.1) is 0 Å². The lowest BCUT2D eigenvalue weighted by Gasteiger charge is -1.90. The van der Waals surface area contributed by atoms with Crippen LogP contribution in [0.1, 0.15) is 0 Å². The van der Waals surface area contributed by atoms with Crippen LogP contribution in [0.25, 0.3) is 0 Å². The van der Waals surface area contributed by atoms with E-state index in [0.29, 0.717) is 0 Å². The van der Waals surface area contributed by atoms with Gasteiger partial charge >= 0.3 is 0 Å². The van der Waals surface area contributed by atoms with E-state index < -0.39 is 11.7 Å². The minimum absolute atomic E-state index is 0.477. The predicted molar refractivity (Wildman–Crippen MR) is 41.5 cm³/mol. The van der Waals surface area contributed by atoms with Crippen molar-refractivity contribution in [3.63, 3.8) is 0 Å². The summed E-state index contributed by atoms with van der Waals surface area (Å²) >= 11 is 8.60. The van der Waals surface area contributed by atoms with E-state index in [0.717, 1.165) is 10.7 Å². The van der Waals surface area contributed by atoms with Gasteiger partial charge in [0.05, 0.1) is 0 Å². The average Bonchev–Trinajstić information content (AvgIpc) is 1.90. The minimum atomic E-state index is -0.947. The zero-order valence-corrected chi connectivity index (χ0v) is 6.00. The van der Waals surface area contributed by atoms with Gasteiger partial charge in [-0.25, -0.2) is 0 Å². The number of hydrogen-bond donors (Lipinski definition) is 0. The smallest absolute Gasteiger partial charge is 0.215 e. The van der Waals surface area contributed by atoms with E-state index in [1.165, 1.54) is 6.29 Å². The molecule has 0 saturated carbocycles. The molecule has 0 rings (SSSR count). The molecule has 1 unspecified atom stereocenters. The van der Waals surface area contributed by atoms with Crippen molar-refractivity contribution >= 4 is 47.2 Å². The zero-order chi connectivity index (χ0) is 7.28. The van der Waals surface area contributed by atoms with Gasteiger partial charge in [-0.2, -0.15) is 0 Å². The topological polar surface area (TPSA) is 34.1 Å². The average molecular weight is 159 g/mol. The van der Waals surface area contributed by atoms with Crippen LogP contribution in [0.4, 0.5) is 0 Å². The summed E-state index contributed by atoms with van der Waals surface area (Å²) in [6, 6.07) is 0. The van der Waals surface area contributed by atoms with Crippen LogP contribution in [0.2, 0.25) is 0 Å². The fourth-order valence-electron chi connectivity index (χ4n) is 0.226. The Hall–Kier alpha value is -0.480.